The lowest BCUT2D eigenvalue weighted by atomic mass is 10.2. The number of benzene rings is 2. The highest BCUT2D eigenvalue weighted by Crippen LogP contribution is 2.29. The molecule has 3 nitrogen and oxygen atoms in total. The maximum absolute atomic E-state index is 5.92. The molecular formula is C13H13IN2O. The Morgan fingerprint density at radius 2 is 1.88 bits per heavy atom. The Kier molecular flexibility index (Phi) is 3.73. The summed E-state index contributed by atoms with van der Waals surface area (Å²) < 4.78 is 6.33. The van der Waals surface area contributed by atoms with E-state index in [1.54, 1.807) is 7.11 Å². The Morgan fingerprint density at radius 3 is 2.59 bits per heavy atom. The molecular weight excluding hydrogens is 327 g/mol. The molecule has 88 valence electrons. The van der Waals surface area contributed by atoms with E-state index >= 15 is 0 Å². The zero-order valence-corrected chi connectivity index (χ0v) is 11.6. The molecule has 0 aliphatic carbocycles. The second-order valence-corrected chi connectivity index (χ2v) is 4.72. The summed E-state index contributed by atoms with van der Waals surface area (Å²) in [5.41, 5.74) is 8.51. The molecule has 0 aromatic heterocycles. The van der Waals surface area contributed by atoms with Crippen LogP contribution in [0.1, 0.15) is 0 Å². The van der Waals surface area contributed by atoms with Gasteiger partial charge in [0.15, 0.2) is 0 Å². The first-order valence-corrected chi connectivity index (χ1v) is 6.23. The van der Waals surface area contributed by atoms with E-state index in [-0.39, 0.29) is 0 Å². The SMILES string of the molecule is COc1ccc(N)c(Nc2ccccc2I)c1. The molecule has 0 atom stereocenters. The second kappa shape index (κ2) is 5.27. The lowest BCUT2D eigenvalue weighted by Gasteiger charge is -2.12. The number of nitrogen functional groups attached to an aromatic ring is 1. The third kappa shape index (κ3) is 2.82. The van der Waals surface area contributed by atoms with Crippen molar-refractivity contribution in [1.29, 1.82) is 0 Å². The van der Waals surface area contributed by atoms with Crippen LogP contribution < -0.4 is 15.8 Å². The Labute approximate surface area is 114 Å². The van der Waals surface area contributed by atoms with Gasteiger partial charge in [0.25, 0.3) is 0 Å². The maximum Gasteiger partial charge on any atom is 0.121 e. The molecule has 2 rings (SSSR count). The van der Waals surface area contributed by atoms with Crippen LogP contribution >= 0.6 is 22.6 Å². The van der Waals surface area contributed by atoms with Crippen LogP contribution in [0.4, 0.5) is 17.1 Å². The second-order valence-electron chi connectivity index (χ2n) is 3.56. The average Bonchev–Trinajstić information content (AvgIpc) is 2.35. The molecule has 0 saturated carbocycles. The number of rotatable bonds is 3. The first-order valence-electron chi connectivity index (χ1n) is 5.16. The number of halogens is 1. The fraction of sp³-hybridized carbons (Fsp3) is 0.0769. The van der Waals surface area contributed by atoms with E-state index in [9.17, 15) is 0 Å². The van der Waals surface area contributed by atoms with Gasteiger partial charge in [-0.15, -0.1) is 0 Å². The molecule has 4 heteroatoms. The summed E-state index contributed by atoms with van der Waals surface area (Å²) in [7, 11) is 1.64. The van der Waals surface area contributed by atoms with Crippen LogP contribution in [-0.4, -0.2) is 7.11 Å². The number of methoxy groups -OCH3 is 1. The first-order chi connectivity index (χ1) is 8.20. The number of hydrogen-bond acceptors (Lipinski definition) is 3. The summed E-state index contributed by atoms with van der Waals surface area (Å²) in [6, 6.07) is 13.6. The zero-order chi connectivity index (χ0) is 12.3. The topological polar surface area (TPSA) is 47.3 Å². The van der Waals surface area contributed by atoms with Crippen molar-refractivity contribution in [2.24, 2.45) is 0 Å². The van der Waals surface area contributed by atoms with Crippen molar-refractivity contribution in [2.45, 2.75) is 0 Å². The van der Waals surface area contributed by atoms with Gasteiger partial charge in [-0.2, -0.15) is 0 Å². The third-order valence-electron chi connectivity index (χ3n) is 2.40. The highest BCUT2D eigenvalue weighted by atomic mass is 127. The van der Waals surface area contributed by atoms with Gasteiger partial charge in [-0.3, -0.25) is 0 Å². The Morgan fingerprint density at radius 1 is 1.12 bits per heavy atom. The van der Waals surface area contributed by atoms with Crippen molar-refractivity contribution in [2.75, 3.05) is 18.2 Å². The van der Waals surface area contributed by atoms with Crippen LogP contribution in [-0.2, 0) is 0 Å². The van der Waals surface area contributed by atoms with Crippen molar-refractivity contribution in [1.82, 2.24) is 0 Å². The molecule has 0 aliphatic heterocycles. The van der Waals surface area contributed by atoms with E-state index in [0.717, 1.165) is 20.7 Å². The monoisotopic (exact) mass is 340 g/mol. The molecule has 17 heavy (non-hydrogen) atoms. The Bertz CT molecular complexity index is 529. The van der Waals surface area contributed by atoms with E-state index in [1.807, 2.05) is 42.5 Å². The van der Waals surface area contributed by atoms with Gasteiger partial charge in [0, 0.05) is 9.64 Å². The summed E-state index contributed by atoms with van der Waals surface area (Å²) in [5.74, 6) is 0.785. The van der Waals surface area contributed by atoms with Crippen LogP contribution in [0.5, 0.6) is 5.75 Å². The van der Waals surface area contributed by atoms with Gasteiger partial charge in [-0.05, 0) is 46.9 Å². The zero-order valence-electron chi connectivity index (χ0n) is 9.41. The largest absolute Gasteiger partial charge is 0.497 e. The minimum atomic E-state index is 0.699. The molecule has 0 spiro atoms. The van der Waals surface area contributed by atoms with Gasteiger partial charge in [-0.25, -0.2) is 0 Å². The molecule has 3 N–H and O–H groups in total. The van der Waals surface area contributed by atoms with Crippen LogP contribution in [0.3, 0.4) is 0 Å². The number of anilines is 3. The van der Waals surface area contributed by atoms with E-state index < -0.39 is 0 Å². The van der Waals surface area contributed by atoms with E-state index in [0.29, 0.717) is 5.69 Å². The third-order valence-corrected chi connectivity index (χ3v) is 3.34. The normalized spacial score (nSPS) is 10.0. The Balaban J connectivity index is 2.32. The summed E-state index contributed by atoms with van der Waals surface area (Å²) >= 11 is 2.28. The maximum atomic E-state index is 5.92. The summed E-state index contributed by atoms with van der Waals surface area (Å²) in [5, 5.41) is 3.30. The van der Waals surface area contributed by atoms with E-state index in [2.05, 4.69) is 27.9 Å². The van der Waals surface area contributed by atoms with Crippen LogP contribution in [0.15, 0.2) is 42.5 Å². The van der Waals surface area contributed by atoms with Crippen molar-refractivity contribution in [3.8, 4) is 5.75 Å². The molecule has 0 heterocycles. The summed E-state index contributed by atoms with van der Waals surface area (Å²) in [6.07, 6.45) is 0. The van der Waals surface area contributed by atoms with Gasteiger partial charge in [0.1, 0.15) is 5.75 Å². The number of nitrogens with one attached hydrogen (secondary N) is 1. The number of para-hydroxylation sites is 1. The van der Waals surface area contributed by atoms with Crippen LogP contribution in [0.25, 0.3) is 0 Å². The minimum Gasteiger partial charge on any atom is -0.497 e. The predicted molar refractivity (Wildman–Crippen MR) is 79.8 cm³/mol. The molecule has 0 aliphatic rings. The molecule has 2 aromatic rings. The fourth-order valence-electron chi connectivity index (χ4n) is 1.48. The van der Waals surface area contributed by atoms with Crippen molar-refractivity contribution in [3.05, 3.63) is 46.0 Å². The molecule has 0 saturated heterocycles. The standard InChI is InChI=1S/C13H13IN2O/c1-17-9-6-7-11(15)13(8-9)16-12-5-3-2-4-10(12)14/h2-8,16H,15H2,1H3. The van der Waals surface area contributed by atoms with Gasteiger partial charge >= 0.3 is 0 Å². The van der Waals surface area contributed by atoms with Crippen molar-refractivity contribution < 1.29 is 4.74 Å². The van der Waals surface area contributed by atoms with Gasteiger partial charge in [0.05, 0.1) is 24.2 Å². The average molecular weight is 340 g/mol. The van der Waals surface area contributed by atoms with Gasteiger partial charge < -0.3 is 15.8 Å². The lowest BCUT2D eigenvalue weighted by Crippen LogP contribution is -1.98. The molecule has 0 fully saturated rings. The highest BCUT2D eigenvalue weighted by molar-refractivity contribution is 14.1. The molecule has 0 bridgehead atoms. The first kappa shape index (κ1) is 12.0. The van der Waals surface area contributed by atoms with Crippen LogP contribution in [0.2, 0.25) is 0 Å². The lowest BCUT2D eigenvalue weighted by molar-refractivity contribution is 0.415. The number of ether oxygens (including phenoxy) is 1. The van der Waals surface area contributed by atoms with Crippen molar-refractivity contribution in [3.63, 3.8) is 0 Å². The van der Waals surface area contributed by atoms with E-state index in [4.69, 9.17) is 10.5 Å². The number of hydrogen-bond donors (Lipinski definition) is 2. The summed E-state index contributed by atoms with van der Waals surface area (Å²) in [4.78, 5) is 0. The number of nitrogens with two attached hydrogens (primary N) is 1. The molecule has 0 radical (unpaired) electrons. The van der Waals surface area contributed by atoms with Crippen LogP contribution in [0, 0.1) is 3.57 Å². The molecule has 2 aromatic carbocycles. The summed E-state index contributed by atoms with van der Waals surface area (Å²) in [6.45, 7) is 0. The van der Waals surface area contributed by atoms with Crippen molar-refractivity contribution >= 4 is 39.7 Å². The van der Waals surface area contributed by atoms with Gasteiger partial charge in [0.2, 0.25) is 0 Å². The highest BCUT2D eigenvalue weighted by Gasteiger charge is 2.04. The molecule has 0 amide bonds. The minimum absolute atomic E-state index is 0.699. The van der Waals surface area contributed by atoms with Gasteiger partial charge in [-0.1, -0.05) is 12.1 Å². The predicted octanol–water partition coefficient (Wildman–Crippen LogP) is 3.63. The molecule has 0 unspecified atom stereocenters. The smallest absolute Gasteiger partial charge is 0.121 e. The fourth-order valence-corrected chi connectivity index (χ4v) is 2.00. The quantitative estimate of drug-likeness (QED) is 0.663. The van der Waals surface area contributed by atoms with E-state index in [1.165, 1.54) is 0 Å². The Hall–Kier alpha value is -1.43.